The van der Waals surface area contributed by atoms with Crippen molar-refractivity contribution in [2.45, 2.75) is 26.4 Å². The minimum atomic E-state index is -0.220. The van der Waals surface area contributed by atoms with Crippen LogP contribution in [0.5, 0.6) is 0 Å². The Morgan fingerprint density at radius 2 is 1.89 bits per heavy atom. The van der Waals surface area contributed by atoms with Crippen LogP contribution in [-0.4, -0.2) is 28.5 Å². The number of hydrogen-bond acceptors (Lipinski definition) is 5. The number of pyridine rings is 1. The molecule has 1 aliphatic rings. The average Bonchev–Trinajstić information content (AvgIpc) is 2.69. The van der Waals surface area contributed by atoms with Gasteiger partial charge in [0.1, 0.15) is 23.8 Å². The Labute approximate surface area is 158 Å². The van der Waals surface area contributed by atoms with Gasteiger partial charge in [-0.05, 0) is 36.2 Å². The lowest BCUT2D eigenvalue weighted by atomic mass is 10.1. The Balaban J connectivity index is 1.58. The molecule has 0 amide bonds. The van der Waals surface area contributed by atoms with E-state index in [0.717, 1.165) is 53.5 Å². The van der Waals surface area contributed by atoms with Gasteiger partial charge in [0.2, 0.25) is 0 Å². The maximum absolute atomic E-state index is 13.2. The standard InChI is InChI=1S/C21H22FN5/c1-15-3-8-20(23-11-15)27-10-9-19-18(13-27)21(25-14-24-19)26(2)12-16-4-6-17(22)7-5-16/h3-8,11,14H,9-10,12-13H2,1-2H3. The van der Waals surface area contributed by atoms with Crippen LogP contribution in [0.1, 0.15) is 22.4 Å². The minimum absolute atomic E-state index is 0.220. The Kier molecular flexibility index (Phi) is 4.71. The van der Waals surface area contributed by atoms with E-state index in [0.29, 0.717) is 6.54 Å². The van der Waals surface area contributed by atoms with Crippen molar-refractivity contribution in [3.63, 3.8) is 0 Å². The van der Waals surface area contributed by atoms with E-state index in [1.807, 2.05) is 32.3 Å². The highest BCUT2D eigenvalue weighted by Gasteiger charge is 2.23. The van der Waals surface area contributed by atoms with E-state index in [1.54, 1.807) is 6.33 Å². The molecule has 1 aliphatic heterocycles. The molecule has 0 saturated carbocycles. The van der Waals surface area contributed by atoms with Crippen LogP contribution in [0, 0.1) is 12.7 Å². The van der Waals surface area contributed by atoms with E-state index in [4.69, 9.17) is 0 Å². The SMILES string of the molecule is Cc1ccc(N2CCc3ncnc(N(C)Cc4ccc(F)cc4)c3C2)nc1. The summed E-state index contributed by atoms with van der Waals surface area (Å²) in [5.41, 5.74) is 4.42. The maximum Gasteiger partial charge on any atom is 0.137 e. The molecule has 0 N–H and O–H groups in total. The van der Waals surface area contributed by atoms with Crippen LogP contribution in [0.15, 0.2) is 48.9 Å². The number of halogens is 1. The molecule has 0 atom stereocenters. The molecule has 138 valence electrons. The van der Waals surface area contributed by atoms with Gasteiger partial charge in [-0.1, -0.05) is 18.2 Å². The van der Waals surface area contributed by atoms with E-state index in [-0.39, 0.29) is 5.82 Å². The van der Waals surface area contributed by atoms with Gasteiger partial charge in [-0.25, -0.2) is 19.3 Å². The van der Waals surface area contributed by atoms with E-state index < -0.39 is 0 Å². The average molecular weight is 363 g/mol. The molecule has 0 aliphatic carbocycles. The van der Waals surface area contributed by atoms with Crippen LogP contribution >= 0.6 is 0 Å². The molecule has 0 unspecified atom stereocenters. The Morgan fingerprint density at radius 1 is 1.07 bits per heavy atom. The van der Waals surface area contributed by atoms with Crippen molar-refractivity contribution >= 4 is 11.6 Å². The second-order valence-electron chi connectivity index (χ2n) is 6.97. The second kappa shape index (κ2) is 7.31. The normalized spacial score (nSPS) is 13.4. The van der Waals surface area contributed by atoms with Crippen LogP contribution in [0.4, 0.5) is 16.0 Å². The van der Waals surface area contributed by atoms with Gasteiger partial charge in [0.15, 0.2) is 0 Å². The zero-order valence-corrected chi connectivity index (χ0v) is 15.6. The third kappa shape index (κ3) is 3.74. The van der Waals surface area contributed by atoms with Gasteiger partial charge in [-0.15, -0.1) is 0 Å². The Hall–Kier alpha value is -3.02. The quantitative estimate of drug-likeness (QED) is 0.710. The molecular weight excluding hydrogens is 341 g/mol. The molecule has 4 rings (SSSR count). The highest BCUT2D eigenvalue weighted by atomic mass is 19.1. The van der Waals surface area contributed by atoms with Crippen molar-refractivity contribution in [3.05, 3.63) is 77.1 Å². The van der Waals surface area contributed by atoms with Crippen LogP contribution in [0.2, 0.25) is 0 Å². The molecule has 0 saturated heterocycles. The first-order valence-electron chi connectivity index (χ1n) is 9.06. The van der Waals surface area contributed by atoms with Gasteiger partial charge < -0.3 is 9.80 Å². The first kappa shape index (κ1) is 17.4. The smallest absolute Gasteiger partial charge is 0.137 e. The minimum Gasteiger partial charge on any atom is -0.355 e. The van der Waals surface area contributed by atoms with Crippen molar-refractivity contribution < 1.29 is 4.39 Å². The van der Waals surface area contributed by atoms with Crippen LogP contribution in [0.3, 0.4) is 0 Å². The molecular formula is C21H22FN5. The summed E-state index contributed by atoms with van der Waals surface area (Å²) in [5.74, 6) is 1.67. The number of rotatable bonds is 4. The monoisotopic (exact) mass is 363 g/mol. The predicted octanol–water partition coefficient (Wildman–Crippen LogP) is 3.52. The zero-order chi connectivity index (χ0) is 18.8. The molecule has 3 aromatic rings. The molecule has 2 aromatic heterocycles. The van der Waals surface area contributed by atoms with E-state index in [2.05, 4.69) is 36.9 Å². The topological polar surface area (TPSA) is 45.2 Å². The Morgan fingerprint density at radius 3 is 2.63 bits per heavy atom. The molecule has 27 heavy (non-hydrogen) atoms. The summed E-state index contributed by atoms with van der Waals surface area (Å²) in [5, 5.41) is 0. The van der Waals surface area contributed by atoms with Crippen molar-refractivity contribution in [2.75, 3.05) is 23.4 Å². The molecule has 0 fully saturated rings. The van der Waals surface area contributed by atoms with Crippen molar-refractivity contribution in [1.29, 1.82) is 0 Å². The molecule has 5 nitrogen and oxygen atoms in total. The van der Waals surface area contributed by atoms with Crippen LogP contribution in [-0.2, 0) is 19.5 Å². The fourth-order valence-corrected chi connectivity index (χ4v) is 3.44. The maximum atomic E-state index is 13.2. The van der Waals surface area contributed by atoms with Crippen molar-refractivity contribution in [2.24, 2.45) is 0 Å². The first-order chi connectivity index (χ1) is 13.1. The van der Waals surface area contributed by atoms with Crippen LogP contribution in [0.25, 0.3) is 0 Å². The van der Waals surface area contributed by atoms with E-state index >= 15 is 0 Å². The summed E-state index contributed by atoms with van der Waals surface area (Å²) in [4.78, 5) is 18.0. The third-order valence-corrected chi connectivity index (χ3v) is 4.89. The van der Waals surface area contributed by atoms with Crippen molar-refractivity contribution in [3.8, 4) is 0 Å². The largest absolute Gasteiger partial charge is 0.355 e. The predicted molar refractivity (Wildman–Crippen MR) is 104 cm³/mol. The summed E-state index contributed by atoms with van der Waals surface area (Å²) < 4.78 is 13.2. The Bertz CT molecular complexity index is 924. The number of aryl methyl sites for hydroxylation is 1. The summed E-state index contributed by atoms with van der Waals surface area (Å²) in [7, 11) is 2.01. The van der Waals surface area contributed by atoms with Crippen molar-refractivity contribution in [1.82, 2.24) is 15.0 Å². The van der Waals surface area contributed by atoms with E-state index in [9.17, 15) is 4.39 Å². The molecule has 0 radical (unpaired) electrons. The highest BCUT2D eigenvalue weighted by molar-refractivity contribution is 5.53. The highest BCUT2D eigenvalue weighted by Crippen LogP contribution is 2.28. The fourth-order valence-electron chi connectivity index (χ4n) is 3.44. The van der Waals surface area contributed by atoms with Gasteiger partial charge in [0.25, 0.3) is 0 Å². The summed E-state index contributed by atoms with van der Waals surface area (Å²) in [6.07, 6.45) is 4.40. The van der Waals surface area contributed by atoms with Gasteiger partial charge in [0, 0.05) is 44.9 Å². The van der Waals surface area contributed by atoms with Gasteiger partial charge >= 0.3 is 0 Å². The van der Waals surface area contributed by atoms with Gasteiger partial charge in [-0.2, -0.15) is 0 Å². The lowest BCUT2D eigenvalue weighted by Crippen LogP contribution is -2.33. The van der Waals surface area contributed by atoms with Crippen LogP contribution < -0.4 is 9.80 Å². The van der Waals surface area contributed by atoms with E-state index in [1.165, 1.54) is 12.1 Å². The lowest BCUT2D eigenvalue weighted by molar-refractivity contribution is 0.626. The number of hydrogen-bond donors (Lipinski definition) is 0. The number of nitrogens with zero attached hydrogens (tertiary/aromatic N) is 5. The van der Waals surface area contributed by atoms with Gasteiger partial charge in [0.05, 0.1) is 5.69 Å². The molecule has 3 heterocycles. The first-order valence-corrected chi connectivity index (χ1v) is 9.06. The lowest BCUT2D eigenvalue weighted by Gasteiger charge is -2.32. The summed E-state index contributed by atoms with van der Waals surface area (Å²) >= 11 is 0. The van der Waals surface area contributed by atoms with Gasteiger partial charge in [-0.3, -0.25) is 0 Å². The number of anilines is 2. The summed E-state index contributed by atoms with van der Waals surface area (Å²) in [6.45, 7) is 4.32. The summed E-state index contributed by atoms with van der Waals surface area (Å²) in [6, 6.07) is 10.7. The molecule has 1 aromatic carbocycles. The second-order valence-corrected chi connectivity index (χ2v) is 6.97. The zero-order valence-electron chi connectivity index (χ0n) is 15.6. The number of benzene rings is 1. The number of fused-ring (bicyclic) bond motifs is 1. The number of aromatic nitrogens is 3. The molecule has 6 heteroatoms. The fraction of sp³-hybridized carbons (Fsp3) is 0.286. The third-order valence-electron chi connectivity index (χ3n) is 4.89. The molecule has 0 spiro atoms. The molecule has 0 bridgehead atoms.